The molecule has 0 aliphatic heterocycles. The molecule has 0 spiro atoms. The highest BCUT2D eigenvalue weighted by Gasteiger charge is 2.19. The Balaban J connectivity index is 1.45. The van der Waals surface area contributed by atoms with Gasteiger partial charge in [-0.25, -0.2) is 22.9 Å². The molecule has 10 heteroatoms. The van der Waals surface area contributed by atoms with Crippen molar-refractivity contribution in [2.75, 3.05) is 5.32 Å². The van der Waals surface area contributed by atoms with E-state index in [1.165, 1.54) is 58.7 Å². The van der Waals surface area contributed by atoms with Crippen LogP contribution in [0.4, 0.5) is 23.7 Å². The van der Waals surface area contributed by atoms with E-state index in [1.807, 2.05) is 0 Å². The average molecular weight is 511 g/mol. The monoisotopic (exact) mass is 510 g/mol. The molecule has 36 heavy (non-hydrogen) atoms. The van der Waals surface area contributed by atoms with Crippen LogP contribution >= 0.6 is 11.3 Å². The van der Waals surface area contributed by atoms with Crippen LogP contribution in [0, 0.1) is 17.5 Å². The van der Waals surface area contributed by atoms with E-state index in [4.69, 9.17) is 0 Å². The van der Waals surface area contributed by atoms with E-state index in [9.17, 15) is 22.8 Å². The fourth-order valence-electron chi connectivity index (χ4n) is 3.30. The van der Waals surface area contributed by atoms with Crippen molar-refractivity contribution in [3.8, 4) is 0 Å². The van der Waals surface area contributed by atoms with Gasteiger partial charge in [-0.1, -0.05) is 30.3 Å². The van der Waals surface area contributed by atoms with Crippen LogP contribution in [0.25, 0.3) is 0 Å². The number of rotatable bonds is 8. The summed E-state index contributed by atoms with van der Waals surface area (Å²) in [5.74, 6) is -1.66. The van der Waals surface area contributed by atoms with Crippen molar-refractivity contribution < 1.29 is 22.8 Å². The number of anilines is 1. The second-order valence-electron chi connectivity index (χ2n) is 7.86. The highest BCUT2D eigenvalue weighted by Crippen LogP contribution is 2.18. The Hall–Kier alpha value is -4.18. The molecule has 0 unspecified atom stereocenters. The lowest BCUT2D eigenvalue weighted by Crippen LogP contribution is -2.34. The maximum Gasteiger partial charge on any atom is 0.322 e. The standard InChI is InChI=1S/C26H21F3N4O2S/c27-19-8-4-17(5-9-19)13-30-25(34)23-16-36-24(32-23)15-33(14-18-6-10-20(28)11-7-18)26(35)31-22-3-1-2-21(29)12-22/h1-12,16H,13-15H2,(H,30,34)(H,31,35). The number of nitrogens with zero attached hydrogens (tertiary/aromatic N) is 2. The van der Waals surface area contributed by atoms with Crippen LogP contribution in [0.5, 0.6) is 0 Å². The van der Waals surface area contributed by atoms with Crippen LogP contribution in [-0.4, -0.2) is 21.8 Å². The maximum atomic E-state index is 13.6. The minimum absolute atomic E-state index is 0.0639. The largest absolute Gasteiger partial charge is 0.347 e. The van der Waals surface area contributed by atoms with Crippen molar-refractivity contribution in [3.63, 3.8) is 0 Å². The third-order valence-corrected chi connectivity index (χ3v) is 5.96. The second kappa shape index (κ2) is 11.5. The SMILES string of the molecule is O=C(NCc1ccc(F)cc1)c1csc(CN(Cc2ccc(F)cc2)C(=O)Nc2cccc(F)c2)n1. The van der Waals surface area contributed by atoms with Crippen LogP contribution in [-0.2, 0) is 19.6 Å². The number of benzene rings is 3. The Morgan fingerprint density at radius 3 is 2.17 bits per heavy atom. The topological polar surface area (TPSA) is 74.3 Å². The van der Waals surface area contributed by atoms with Gasteiger partial charge in [0.25, 0.3) is 5.91 Å². The number of urea groups is 1. The summed E-state index contributed by atoms with van der Waals surface area (Å²) in [7, 11) is 0. The molecule has 1 aromatic heterocycles. The van der Waals surface area contributed by atoms with Crippen molar-refractivity contribution in [1.82, 2.24) is 15.2 Å². The van der Waals surface area contributed by atoms with Gasteiger partial charge in [0.2, 0.25) is 0 Å². The molecular formula is C26H21F3N4O2S. The Bertz CT molecular complexity index is 1340. The smallest absolute Gasteiger partial charge is 0.322 e. The molecule has 3 aromatic carbocycles. The van der Waals surface area contributed by atoms with Gasteiger partial charge in [-0.15, -0.1) is 11.3 Å². The molecular weight excluding hydrogens is 489 g/mol. The Morgan fingerprint density at radius 2 is 1.50 bits per heavy atom. The van der Waals surface area contributed by atoms with E-state index in [0.29, 0.717) is 10.6 Å². The molecule has 0 bridgehead atoms. The molecule has 0 radical (unpaired) electrons. The van der Waals surface area contributed by atoms with Gasteiger partial charge in [-0.3, -0.25) is 4.79 Å². The summed E-state index contributed by atoms with van der Waals surface area (Å²) in [4.78, 5) is 31.3. The zero-order valence-corrected chi connectivity index (χ0v) is 19.7. The van der Waals surface area contributed by atoms with Crippen molar-refractivity contribution in [2.45, 2.75) is 19.6 Å². The van der Waals surface area contributed by atoms with E-state index in [0.717, 1.165) is 5.56 Å². The number of thiazole rings is 1. The number of aromatic nitrogens is 1. The lowest BCUT2D eigenvalue weighted by molar-refractivity contribution is 0.0946. The number of hydrogen-bond donors (Lipinski definition) is 2. The first-order valence-corrected chi connectivity index (χ1v) is 11.8. The first kappa shape index (κ1) is 24.9. The molecule has 184 valence electrons. The zero-order valence-electron chi connectivity index (χ0n) is 18.9. The van der Waals surface area contributed by atoms with Crippen LogP contribution < -0.4 is 10.6 Å². The molecule has 4 rings (SSSR count). The van der Waals surface area contributed by atoms with Gasteiger partial charge in [0.05, 0.1) is 6.54 Å². The van der Waals surface area contributed by atoms with Crippen molar-refractivity contribution in [2.24, 2.45) is 0 Å². The molecule has 0 fully saturated rings. The normalized spacial score (nSPS) is 10.6. The molecule has 0 saturated heterocycles. The summed E-state index contributed by atoms with van der Waals surface area (Å²) in [5, 5.41) is 7.45. The number of halogens is 3. The number of nitrogens with one attached hydrogen (secondary N) is 2. The molecule has 3 amide bonds. The van der Waals surface area contributed by atoms with E-state index in [1.54, 1.807) is 35.7 Å². The summed E-state index contributed by atoms with van der Waals surface area (Å²) in [6, 6.07) is 16.5. The van der Waals surface area contributed by atoms with Crippen molar-refractivity contribution >= 4 is 29.0 Å². The minimum atomic E-state index is -0.512. The number of hydrogen-bond acceptors (Lipinski definition) is 4. The third-order valence-electron chi connectivity index (χ3n) is 5.13. The average Bonchev–Trinajstić information content (AvgIpc) is 3.33. The van der Waals surface area contributed by atoms with E-state index < -0.39 is 23.6 Å². The summed E-state index contributed by atoms with van der Waals surface area (Å²) < 4.78 is 39.9. The number of carbonyl (C=O) groups excluding carboxylic acids is 2. The van der Waals surface area contributed by atoms with E-state index in [-0.39, 0.29) is 36.8 Å². The molecule has 2 N–H and O–H groups in total. The number of amides is 3. The zero-order chi connectivity index (χ0) is 25.5. The first-order chi connectivity index (χ1) is 17.4. The predicted molar refractivity (Wildman–Crippen MR) is 131 cm³/mol. The maximum absolute atomic E-state index is 13.6. The van der Waals surface area contributed by atoms with Crippen LogP contribution in [0.2, 0.25) is 0 Å². The van der Waals surface area contributed by atoms with Crippen LogP contribution in [0.1, 0.15) is 26.6 Å². The van der Waals surface area contributed by atoms with Gasteiger partial charge in [0.15, 0.2) is 0 Å². The highest BCUT2D eigenvalue weighted by molar-refractivity contribution is 7.09. The Morgan fingerprint density at radius 1 is 0.833 bits per heavy atom. The molecule has 0 atom stereocenters. The van der Waals surface area contributed by atoms with Gasteiger partial charge < -0.3 is 15.5 Å². The Labute approximate surface area is 209 Å². The lowest BCUT2D eigenvalue weighted by Gasteiger charge is -2.22. The molecule has 0 saturated carbocycles. The minimum Gasteiger partial charge on any atom is -0.347 e. The fourth-order valence-corrected chi connectivity index (χ4v) is 4.09. The lowest BCUT2D eigenvalue weighted by atomic mass is 10.2. The second-order valence-corrected chi connectivity index (χ2v) is 8.80. The fraction of sp³-hybridized carbons (Fsp3) is 0.115. The van der Waals surface area contributed by atoms with Gasteiger partial charge >= 0.3 is 6.03 Å². The van der Waals surface area contributed by atoms with E-state index in [2.05, 4.69) is 15.6 Å². The summed E-state index contributed by atoms with van der Waals surface area (Å²) in [6.07, 6.45) is 0. The van der Waals surface area contributed by atoms with Crippen LogP contribution in [0.3, 0.4) is 0 Å². The molecule has 6 nitrogen and oxygen atoms in total. The predicted octanol–water partition coefficient (Wildman–Crippen LogP) is 5.72. The van der Waals surface area contributed by atoms with Gasteiger partial charge in [0, 0.05) is 24.2 Å². The van der Waals surface area contributed by atoms with Crippen molar-refractivity contribution in [3.05, 3.63) is 117 Å². The Kier molecular flexibility index (Phi) is 7.96. The third kappa shape index (κ3) is 6.92. The highest BCUT2D eigenvalue weighted by atomic mass is 32.1. The molecule has 1 heterocycles. The van der Waals surface area contributed by atoms with Crippen molar-refractivity contribution in [1.29, 1.82) is 0 Å². The summed E-state index contributed by atoms with van der Waals surface area (Å²) in [5.41, 5.74) is 1.88. The summed E-state index contributed by atoms with van der Waals surface area (Å²) in [6.45, 7) is 0.403. The van der Waals surface area contributed by atoms with Gasteiger partial charge in [0.1, 0.15) is 28.2 Å². The molecule has 0 aliphatic carbocycles. The van der Waals surface area contributed by atoms with Crippen LogP contribution in [0.15, 0.2) is 78.2 Å². The quantitative estimate of drug-likeness (QED) is 0.318. The van der Waals surface area contributed by atoms with E-state index >= 15 is 0 Å². The van der Waals surface area contributed by atoms with Gasteiger partial charge in [-0.2, -0.15) is 0 Å². The molecule has 4 aromatic rings. The van der Waals surface area contributed by atoms with Gasteiger partial charge in [-0.05, 0) is 53.6 Å². The molecule has 0 aliphatic rings. The first-order valence-electron chi connectivity index (χ1n) is 10.9. The summed E-state index contributed by atoms with van der Waals surface area (Å²) >= 11 is 1.21. The number of carbonyl (C=O) groups is 2.